The Morgan fingerprint density at radius 3 is 2.87 bits per heavy atom. The highest BCUT2D eigenvalue weighted by Gasteiger charge is 2.36. The molecule has 0 saturated carbocycles. The summed E-state index contributed by atoms with van der Waals surface area (Å²) in [6.07, 6.45) is 7.83. The van der Waals surface area contributed by atoms with E-state index >= 15 is 0 Å². The van der Waals surface area contributed by atoms with Crippen LogP contribution in [-0.2, 0) is 21.5 Å². The Balaban J connectivity index is 1.30. The van der Waals surface area contributed by atoms with Crippen molar-refractivity contribution in [3.05, 3.63) is 35.4 Å². The van der Waals surface area contributed by atoms with Crippen LogP contribution >= 0.6 is 0 Å². The van der Waals surface area contributed by atoms with E-state index in [1.54, 1.807) is 0 Å². The lowest BCUT2D eigenvalue weighted by molar-refractivity contribution is -0.0721. The molecule has 6 heteroatoms. The summed E-state index contributed by atoms with van der Waals surface area (Å²) in [5, 5.41) is 14.6. The summed E-state index contributed by atoms with van der Waals surface area (Å²) in [4.78, 5) is 7.17. The predicted molar refractivity (Wildman–Crippen MR) is 119 cm³/mol. The van der Waals surface area contributed by atoms with Gasteiger partial charge in [0.15, 0.2) is 5.96 Å². The normalized spacial score (nSPS) is 27.9. The SMILES string of the molecule is CCNC(=NCC1(O)CCc2ccccc21)N1CCC(OCC2CCCCO2)CC1. The Morgan fingerprint density at radius 2 is 2.10 bits per heavy atom. The zero-order chi connectivity index (χ0) is 20.8. The molecule has 4 rings (SSSR count). The topological polar surface area (TPSA) is 66.3 Å². The van der Waals surface area contributed by atoms with Gasteiger partial charge in [-0.15, -0.1) is 0 Å². The monoisotopic (exact) mass is 415 g/mol. The number of fused-ring (bicyclic) bond motifs is 1. The average Bonchev–Trinajstić information content (AvgIpc) is 3.14. The van der Waals surface area contributed by atoms with Crippen molar-refractivity contribution in [1.29, 1.82) is 0 Å². The van der Waals surface area contributed by atoms with E-state index in [1.165, 1.54) is 18.4 Å². The van der Waals surface area contributed by atoms with Crippen molar-refractivity contribution in [2.24, 2.45) is 4.99 Å². The van der Waals surface area contributed by atoms with E-state index in [2.05, 4.69) is 23.2 Å². The van der Waals surface area contributed by atoms with Crippen molar-refractivity contribution in [1.82, 2.24) is 10.2 Å². The molecule has 0 radical (unpaired) electrons. The first-order chi connectivity index (χ1) is 14.7. The second-order valence-electron chi connectivity index (χ2n) is 8.87. The molecule has 2 aliphatic heterocycles. The van der Waals surface area contributed by atoms with Crippen molar-refractivity contribution < 1.29 is 14.6 Å². The van der Waals surface area contributed by atoms with Crippen molar-refractivity contribution in [2.45, 2.75) is 69.7 Å². The second kappa shape index (κ2) is 10.1. The van der Waals surface area contributed by atoms with Gasteiger partial charge in [-0.3, -0.25) is 0 Å². The molecule has 1 aromatic rings. The molecule has 6 nitrogen and oxygen atoms in total. The van der Waals surface area contributed by atoms with Gasteiger partial charge in [-0.25, -0.2) is 4.99 Å². The fraction of sp³-hybridized carbons (Fsp3) is 0.708. The number of guanidine groups is 1. The molecule has 0 aromatic heterocycles. The predicted octanol–water partition coefficient (Wildman–Crippen LogP) is 2.84. The third kappa shape index (κ3) is 5.16. The molecule has 0 spiro atoms. The van der Waals surface area contributed by atoms with E-state index in [0.29, 0.717) is 12.6 Å². The van der Waals surface area contributed by atoms with Gasteiger partial charge in [0.1, 0.15) is 5.60 Å². The molecule has 0 amide bonds. The summed E-state index contributed by atoms with van der Waals surface area (Å²) in [5.74, 6) is 0.907. The molecule has 2 N–H and O–H groups in total. The van der Waals surface area contributed by atoms with Gasteiger partial charge in [-0.2, -0.15) is 0 Å². The highest BCUT2D eigenvalue weighted by Crippen LogP contribution is 2.37. The Morgan fingerprint density at radius 1 is 1.27 bits per heavy atom. The summed E-state index contributed by atoms with van der Waals surface area (Å²) < 4.78 is 11.9. The maximum atomic E-state index is 11.2. The molecule has 2 fully saturated rings. The van der Waals surface area contributed by atoms with Gasteiger partial charge in [0.2, 0.25) is 0 Å². The van der Waals surface area contributed by atoms with Gasteiger partial charge in [-0.05, 0) is 63.0 Å². The number of nitrogens with zero attached hydrogens (tertiary/aromatic N) is 2. The molecule has 2 atom stereocenters. The molecule has 3 aliphatic rings. The van der Waals surface area contributed by atoms with E-state index in [0.717, 1.165) is 76.5 Å². The highest BCUT2D eigenvalue weighted by atomic mass is 16.5. The van der Waals surface area contributed by atoms with Crippen molar-refractivity contribution >= 4 is 5.96 Å². The van der Waals surface area contributed by atoms with Crippen LogP contribution in [0.25, 0.3) is 0 Å². The number of likely N-dealkylation sites (tertiary alicyclic amines) is 1. The number of aryl methyl sites for hydroxylation is 1. The van der Waals surface area contributed by atoms with Gasteiger partial charge >= 0.3 is 0 Å². The first-order valence-corrected chi connectivity index (χ1v) is 11.7. The van der Waals surface area contributed by atoms with Crippen molar-refractivity contribution in [3.8, 4) is 0 Å². The second-order valence-corrected chi connectivity index (χ2v) is 8.87. The molecule has 166 valence electrons. The van der Waals surface area contributed by atoms with Gasteiger partial charge in [0.25, 0.3) is 0 Å². The largest absolute Gasteiger partial charge is 0.383 e. The molecule has 2 unspecified atom stereocenters. The van der Waals surface area contributed by atoms with E-state index in [-0.39, 0.29) is 6.10 Å². The first-order valence-electron chi connectivity index (χ1n) is 11.7. The van der Waals surface area contributed by atoms with Gasteiger partial charge < -0.3 is 24.8 Å². The standard InChI is InChI=1S/C24H37N3O3/c1-2-25-23(26-18-24(28)13-10-19-7-3-4-9-22(19)24)27-14-11-20(12-15-27)30-17-21-8-5-6-16-29-21/h3-4,7,9,20-21,28H,2,5-6,8,10-18H2,1H3,(H,25,26). The molecule has 0 bridgehead atoms. The Hall–Kier alpha value is -1.63. The lowest BCUT2D eigenvalue weighted by atomic mass is 9.96. The molecule has 1 aromatic carbocycles. The number of benzene rings is 1. The zero-order valence-electron chi connectivity index (χ0n) is 18.3. The Kier molecular flexibility index (Phi) is 7.28. The fourth-order valence-electron chi connectivity index (χ4n) is 4.88. The third-order valence-electron chi connectivity index (χ3n) is 6.69. The van der Waals surface area contributed by atoms with E-state index in [9.17, 15) is 5.11 Å². The van der Waals surface area contributed by atoms with Crippen LogP contribution in [0.3, 0.4) is 0 Å². The van der Waals surface area contributed by atoms with E-state index < -0.39 is 5.60 Å². The third-order valence-corrected chi connectivity index (χ3v) is 6.69. The number of aliphatic imine (C=N–C) groups is 1. The molecule has 1 aliphatic carbocycles. The molecular formula is C24H37N3O3. The van der Waals surface area contributed by atoms with Crippen molar-refractivity contribution in [2.75, 3.05) is 39.4 Å². The number of hydrogen-bond donors (Lipinski definition) is 2. The number of aliphatic hydroxyl groups is 1. The van der Waals surface area contributed by atoms with Gasteiger partial charge in [0.05, 0.1) is 25.4 Å². The Labute approximate surface area is 180 Å². The maximum absolute atomic E-state index is 11.2. The minimum atomic E-state index is -0.849. The summed E-state index contributed by atoms with van der Waals surface area (Å²) in [6.45, 7) is 6.78. The van der Waals surface area contributed by atoms with Crippen LogP contribution in [0.5, 0.6) is 0 Å². The van der Waals surface area contributed by atoms with Crippen molar-refractivity contribution in [3.63, 3.8) is 0 Å². The molecule has 2 saturated heterocycles. The van der Waals surface area contributed by atoms with Crippen LogP contribution in [0.1, 0.15) is 56.6 Å². The number of nitrogens with one attached hydrogen (secondary N) is 1. The van der Waals surface area contributed by atoms with Crippen LogP contribution in [-0.4, -0.2) is 67.6 Å². The Bertz CT molecular complexity index is 711. The maximum Gasteiger partial charge on any atom is 0.194 e. The van der Waals surface area contributed by atoms with Crippen LogP contribution < -0.4 is 5.32 Å². The number of rotatable bonds is 6. The van der Waals surface area contributed by atoms with Crippen LogP contribution in [0.4, 0.5) is 0 Å². The number of ether oxygens (including phenoxy) is 2. The minimum absolute atomic E-state index is 0.283. The van der Waals surface area contributed by atoms with Crippen LogP contribution in [0, 0.1) is 0 Å². The lowest BCUT2D eigenvalue weighted by Gasteiger charge is -2.35. The summed E-state index contributed by atoms with van der Waals surface area (Å²) in [6, 6.07) is 8.21. The first kappa shape index (κ1) is 21.6. The van der Waals surface area contributed by atoms with E-state index in [4.69, 9.17) is 14.5 Å². The molecule has 30 heavy (non-hydrogen) atoms. The molecule has 2 heterocycles. The summed E-state index contributed by atoms with van der Waals surface area (Å²) in [7, 11) is 0. The van der Waals surface area contributed by atoms with E-state index in [1.807, 2.05) is 18.2 Å². The number of piperidine rings is 1. The zero-order valence-corrected chi connectivity index (χ0v) is 18.3. The summed E-state index contributed by atoms with van der Waals surface area (Å²) in [5.41, 5.74) is 1.44. The van der Waals surface area contributed by atoms with Crippen LogP contribution in [0.2, 0.25) is 0 Å². The summed E-state index contributed by atoms with van der Waals surface area (Å²) >= 11 is 0. The minimum Gasteiger partial charge on any atom is -0.383 e. The quantitative estimate of drug-likeness (QED) is 0.552. The smallest absolute Gasteiger partial charge is 0.194 e. The fourth-order valence-corrected chi connectivity index (χ4v) is 4.88. The lowest BCUT2D eigenvalue weighted by Crippen LogP contribution is -2.47. The molecular weight excluding hydrogens is 378 g/mol. The average molecular weight is 416 g/mol. The van der Waals surface area contributed by atoms with Gasteiger partial charge in [0, 0.05) is 26.2 Å². The van der Waals surface area contributed by atoms with Crippen LogP contribution in [0.15, 0.2) is 29.3 Å². The van der Waals surface area contributed by atoms with Gasteiger partial charge in [-0.1, -0.05) is 24.3 Å². The highest BCUT2D eigenvalue weighted by molar-refractivity contribution is 5.80. The number of hydrogen-bond acceptors (Lipinski definition) is 4.